The fourth-order valence-electron chi connectivity index (χ4n) is 2.04. The fraction of sp³-hybridized carbons (Fsp3) is 0.143. The van der Waals surface area contributed by atoms with Crippen molar-refractivity contribution in [3.8, 4) is 11.1 Å². The number of benzene rings is 1. The summed E-state index contributed by atoms with van der Waals surface area (Å²) in [5.41, 5.74) is 1.30. The number of halogens is 1. The van der Waals surface area contributed by atoms with Crippen LogP contribution in [0.5, 0.6) is 0 Å². The Balaban J connectivity index is 0.00000312. The van der Waals surface area contributed by atoms with Crippen LogP contribution in [0.4, 0.5) is 5.69 Å². The molecule has 8 nitrogen and oxygen atoms in total. The SMILES string of the molecule is C=[NH+]CCSNc1ccc(-c2ccn(S(N)(=O)=O)c2C(=O)O)cc1.[Cl-]. The van der Waals surface area contributed by atoms with Gasteiger partial charge in [0.2, 0.25) is 0 Å². The van der Waals surface area contributed by atoms with E-state index in [1.54, 1.807) is 24.3 Å². The monoisotopic (exact) mass is 404 g/mol. The standard InChI is InChI=1S/C14H16N4O4S2.ClH/c1-16-7-9-23-17-11-4-2-10(3-5-11)12-6-8-18(24(15,21)22)13(12)14(19)20;/h2-6,8,17H,1,7,9H2,(H,19,20)(H2,15,21,22);1H. The topological polar surface area (TPSA) is 128 Å². The zero-order valence-corrected chi connectivity index (χ0v) is 15.4. The second kappa shape index (κ2) is 8.90. The van der Waals surface area contributed by atoms with Gasteiger partial charge < -0.3 is 22.2 Å². The Morgan fingerprint density at radius 3 is 2.48 bits per heavy atom. The van der Waals surface area contributed by atoms with Gasteiger partial charge in [0.25, 0.3) is 0 Å². The number of hydrogen-bond donors (Lipinski definition) is 4. The highest BCUT2D eigenvalue weighted by Gasteiger charge is 2.22. The molecule has 0 atom stereocenters. The third-order valence-corrected chi connectivity index (χ3v) is 4.74. The molecular formula is C14H17ClN4O4S2. The third kappa shape index (κ3) is 5.23. The predicted molar refractivity (Wildman–Crippen MR) is 94.4 cm³/mol. The Labute approximate surface area is 155 Å². The Morgan fingerprint density at radius 2 is 1.96 bits per heavy atom. The van der Waals surface area contributed by atoms with Crippen LogP contribution >= 0.6 is 11.9 Å². The van der Waals surface area contributed by atoms with Gasteiger partial charge in [-0.1, -0.05) is 12.1 Å². The van der Waals surface area contributed by atoms with Crippen LogP contribution in [0.1, 0.15) is 10.5 Å². The van der Waals surface area contributed by atoms with Gasteiger partial charge in [-0.2, -0.15) is 8.42 Å². The summed E-state index contributed by atoms with van der Waals surface area (Å²) in [6, 6.07) is 8.38. The average Bonchev–Trinajstić information content (AvgIpc) is 2.97. The Hall–Kier alpha value is -2.01. The maximum atomic E-state index is 11.5. The number of anilines is 1. The van der Waals surface area contributed by atoms with Crippen molar-refractivity contribution >= 4 is 40.5 Å². The van der Waals surface area contributed by atoms with Crippen LogP contribution < -0.4 is 27.3 Å². The zero-order valence-electron chi connectivity index (χ0n) is 13.0. The number of hydrogen-bond acceptors (Lipinski definition) is 5. The van der Waals surface area contributed by atoms with E-state index in [0.717, 1.165) is 24.2 Å². The van der Waals surface area contributed by atoms with Crippen LogP contribution in [-0.4, -0.2) is 42.5 Å². The van der Waals surface area contributed by atoms with Crippen molar-refractivity contribution in [3.05, 3.63) is 42.2 Å². The highest BCUT2D eigenvalue weighted by molar-refractivity contribution is 8.00. The van der Waals surface area contributed by atoms with E-state index in [1.807, 2.05) is 0 Å². The molecule has 1 aromatic carbocycles. The first kappa shape index (κ1) is 21.0. The Morgan fingerprint density at radius 1 is 1.32 bits per heavy atom. The minimum Gasteiger partial charge on any atom is -1.00 e. The van der Waals surface area contributed by atoms with Crippen LogP contribution in [0.2, 0.25) is 0 Å². The first-order chi connectivity index (χ1) is 11.3. The number of carboxylic acids is 1. The van der Waals surface area contributed by atoms with Crippen LogP contribution in [0.15, 0.2) is 36.5 Å². The van der Waals surface area contributed by atoms with E-state index >= 15 is 0 Å². The number of nitrogens with one attached hydrogen (secondary N) is 2. The summed E-state index contributed by atoms with van der Waals surface area (Å²) in [7, 11) is -4.18. The van der Waals surface area contributed by atoms with E-state index in [9.17, 15) is 18.3 Å². The summed E-state index contributed by atoms with van der Waals surface area (Å²) >= 11 is 1.50. The Bertz CT molecular complexity index is 850. The van der Waals surface area contributed by atoms with Crippen molar-refractivity contribution in [1.29, 1.82) is 0 Å². The number of carbonyl (C=O) groups is 1. The molecule has 11 heteroatoms. The first-order valence-electron chi connectivity index (χ1n) is 6.80. The van der Waals surface area contributed by atoms with Gasteiger partial charge in [0.05, 0.1) is 5.75 Å². The lowest BCUT2D eigenvalue weighted by atomic mass is 10.1. The van der Waals surface area contributed by atoms with Crippen LogP contribution in [0, 0.1) is 0 Å². The summed E-state index contributed by atoms with van der Waals surface area (Å²) in [5.74, 6) is -0.548. The number of carboxylic acid groups (broad SMARTS) is 1. The summed E-state index contributed by atoms with van der Waals surface area (Å²) in [6.07, 6.45) is 1.13. The molecule has 0 spiro atoms. The smallest absolute Gasteiger partial charge is 0.354 e. The predicted octanol–water partition coefficient (Wildman–Crippen LogP) is -3.25. The van der Waals surface area contributed by atoms with E-state index in [2.05, 4.69) is 16.4 Å². The van der Waals surface area contributed by atoms with Gasteiger partial charge in [-0.15, -0.1) is 0 Å². The molecule has 0 fully saturated rings. The third-order valence-electron chi connectivity index (χ3n) is 3.10. The molecule has 2 aromatic rings. The van der Waals surface area contributed by atoms with Gasteiger partial charge in [0, 0.05) is 17.4 Å². The minimum absolute atomic E-state index is 0. The molecule has 1 heterocycles. The highest BCUT2D eigenvalue weighted by Crippen LogP contribution is 2.27. The normalized spacial score (nSPS) is 10.8. The number of aromatic carboxylic acids is 1. The number of rotatable bonds is 8. The van der Waals surface area contributed by atoms with E-state index in [-0.39, 0.29) is 18.0 Å². The van der Waals surface area contributed by atoms with Crippen LogP contribution in [0.25, 0.3) is 11.1 Å². The van der Waals surface area contributed by atoms with Crippen molar-refractivity contribution < 1.29 is 35.7 Å². The fourth-order valence-corrected chi connectivity index (χ4v) is 3.36. The molecule has 1 aromatic heterocycles. The zero-order chi connectivity index (χ0) is 17.7. The molecule has 0 unspecified atom stereocenters. The van der Waals surface area contributed by atoms with Gasteiger partial charge in [0.1, 0.15) is 6.72 Å². The molecule has 0 radical (unpaired) electrons. The van der Waals surface area contributed by atoms with E-state index < -0.39 is 21.9 Å². The van der Waals surface area contributed by atoms with Gasteiger partial charge in [-0.3, -0.25) is 4.99 Å². The molecule has 2 rings (SSSR count). The Kier molecular flexibility index (Phi) is 7.49. The molecule has 0 bridgehead atoms. The summed E-state index contributed by atoms with van der Waals surface area (Å²) in [5, 5.41) is 14.4. The first-order valence-corrected chi connectivity index (χ1v) is 9.29. The summed E-state index contributed by atoms with van der Waals surface area (Å²) in [6.45, 7) is 4.29. The number of nitrogens with zero attached hydrogens (tertiary/aromatic N) is 1. The molecule has 0 aliphatic heterocycles. The van der Waals surface area contributed by atoms with Crippen molar-refractivity contribution in [1.82, 2.24) is 3.97 Å². The summed E-state index contributed by atoms with van der Waals surface area (Å²) in [4.78, 5) is 14.2. The molecule has 5 N–H and O–H groups in total. The van der Waals surface area contributed by atoms with E-state index in [4.69, 9.17) is 5.14 Å². The van der Waals surface area contributed by atoms with Gasteiger partial charge in [-0.05, 0) is 35.7 Å². The molecule has 0 saturated carbocycles. The lowest BCUT2D eigenvalue weighted by molar-refractivity contribution is -0.440. The van der Waals surface area contributed by atoms with Crippen molar-refractivity contribution in [2.75, 3.05) is 17.0 Å². The van der Waals surface area contributed by atoms with Crippen molar-refractivity contribution in [2.45, 2.75) is 0 Å². The lowest BCUT2D eigenvalue weighted by Crippen LogP contribution is -3.00. The number of nitrogens with two attached hydrogens (primary N) is 1. The average molecular weight is 405 g/mol. The van der Waals surface area contributed by atoms with E-state index in [1.165, 1.54) is 18.0 Å². The quantitative estimate of drug-likeness (QED) is 0.208. The summed E-state index contributed by atoms with van der Waals surface area (Å²) < 4.78 is 26.7. The highest BCUT2D eigenvalue weighted by atomic mass is 35.5. The molecule has 25 heavy (non-hydrogen) atoms. The largest absolute Gasteiger partial charge is 1.00 e. The second-order valence-corrected chi connectivity index (χ2v) is 7.08. The van der Waals surface area contributed by atoms with Crippen LogP contribution in [-0.2, 0) is 10.2 Å². The van der Waals surface area contributed by atoms with Crippen LogP contribution in [0.3, 0.4) is 0 Å². The molecule has 136 valence electrons. The minimum atomic E-state index is -4.18. The van der Waals surface area contributed by atoms with Gasteiger partial charge in [0.15, 0.2) is 12.2 Å². The molecule has 0 saturated heterocycles. The lowest BCUT2D eigenvalue weighted by Gasteiger charge is -2.07. The van der Waals surface area contributed by atoms with Crippen molar-refractivity contribution in [3.63, 3.8) is 0 Å². The maximum absolute atomic E-state index is 11.5. The molecule has 0 amide bonds. The van der Waals surface area contributed by atoms with Crippen molar-refractivity contribution in [2.24, 2.45) is 5.14 Å². The maximum Gasteiger partial charge on any atom is 0.354 e. The molecule has 0 aliphatic rings. The second-order valence-electron chi connectivity index (χ2n) is 4.75. The van der Waals surface area contributed by atoms with E-state index in [0.29, 0.717) is 9.54 Å². The molecule has 0 aliphatic carbocycles. The molecular weight excluding hydrogens is 388 g/mol. The van der Waals surface area contributed by atoms with Gasteiger partial charge >= 0.3 is 16.2 Å². The van der Waals surface area contributed by atoms with Gasteiger partial charge in [-0.25, -0.2) is 13.9 Å². The number of aromatic nitrogens is 1.